The summed E-state index contributed by atoms with van der Waals surface area (Å²) in [6, 6.07) is 25.1. The number of likely N-dealkylation sites (tertiary alicyclic amines) is 1. The van der Waals surface area contributed by atoms with Gasteiger partial charge in [-0.2, -0.15) is 0 Å². The molecule has 0 radical (unpaired) electrons. The molecule has 1 fully saturated rings. The standard InChI is InChI=1S/C33H33NO3/c1-2-5-29(22-32(35)36)27-12-14-30(15-13-27)37-24-26-10-8-25(9-11-26)23-34-20-18-33(19-21-34)17-16-28-6-3-4-7-31(28)33/h3-4,6-17,29H,18-24H2,1H3,(H,35,36). The second kappa shape index (κ2) is 11.1. The number of hydrogen-bond donors (Lipinski definition) is 1. The minimum absolute atomic E-state index is 0.00328. The van der Waals surface area contributed by atoms with Crippen molar-refractivity contribution in [3.63, 3.8) is 0 Å². The van der Waals surface area contributed by atoms with E-state index < -0.39 is 5.97 Å². The van der Waals surface area contributed by atoms with Crippen LogP contribution in [0.15, 0.2) is 78.9 Å². The maximum atomic E-state index is 11.1. The zero-order valence-corrected chi connectivity index (χ0v) is 21.3. The summed E-state index contributed by atoms with van der Waals surface area (Å²) in [5.41, 5.74) is 6.46. The van der Waals surface area contributed by atoms with Crippen LogP contribution in [0, 0.1) is 11.8 Å². The quantitative estimate of drug-likeness (QED) is 0.370. The lowest BCUT2D eigenvalue weighted by Crippen LogP contribution is -2.40. The van der Waals surface area contributed by atoms with E-state index in [1.807, 2.05) is 24.3 Å². The summed E-state index contributed by atoms with van der Waals surface area (Å²) in [7, 11) is 0. The SMILES string of the molecule is CC#CC(CC(=O)O)c1ccc(OCc2ccc(CN3CCC4(C=Cc5ccccc54)CC3)cc2)cc1. The number of carbonyl (C=O) groups is 1. The van der Waals surface area contributed by atoms with Crippen LogP contribution in [0.1, 0.15) is 59.9 Å². The van der Waals surface area contributed by atoms with Gasteiger partial charge in [-0.05, 0) is 72.8 Å². The van der Waals surface area contributed by atoms with Crippen LogP contribution in [-0.2, 0) is 23.4 Å². The Hall–Kier alpha value is -3.81. The van der Waals surface area contributed by atoms with Crippen molar-refractivity contribution in [3.8, 4) is 17.6 Å². The average molecular weight is 492 g/mol. The van der Waals surface area contributed by atoms with Gasteiger partial charge in [0.05, 0.1) is 12.3 Å². The minimum atomic E-state index is -0.850. The van der Waals surface area contributed by atoms with Gasteiger partial charge in [0.2, 0.25) is 0 Å². The maximum Gasteiger partial charge on any atom is 0.304 e. The molecule has 2 aliphatic rings. The molecule has 0 aromatic heterocycles. The molecule has 1 heterocycles. The topological polar surface area (TPSA) is 49.8 Å². The van der Waals surface area contributed by atoms with E-state index in [4.69, 9.17) is 9.84 Å². The number of allylic oxidation sites excluding steroid dienone is 1. The van der Waals surface area contributed by atoms with Crippen LogP contribution in [-0.4, -0.2) is 29.1 Å². The molecular formula is C33H33NO3. The maximum absolute atomic E-state index is 11.1. The van der Waals surface area contributed by atoms with Crippen molar-refractivity contribution in [2.45, 2.75) is 50.7 Å². The van der Waals surface area contributed by atoms with Crippen LogP contribution >= 0.6 is 0 Å². The molecule has 5 rings (SSSR count). The number of carboxylic acid groups (broad SMARTS) is 1. The summed E-state index contributed by atoms with van der Waals surface area (Å²) in [6.07, 6.45) is 7.08. The van der Waals surface area contributed by atoms with Gasteiger partial charge in [-0.15, -0.1) is 5.92 Å². The van der Waals surface area contributed by atoms with Crippen molar-refractivity contribution >= 4 is 12.0 Å². The fourth-order valence-electron chi connectivity index (χ4n) is 5.54. The minimum Gasteiger partial charge on any atom is -0.489 e. The van der Waals surface area contributed by atoms with E-state index in [0.29, 0.717) is 6.61 Å². The van der Waals surface area contributed by atoms with Gasteiger partial charge in [0.15, 0.2) is 0 Å². The lowest BCUT2D eigenvalue weighted by Gasteiger charge is -2.39. The summed E-state index contributed by atoms with van der Waals surface area (Å²) < 4.78 is 5.97. The van der Waals surface area contributed by atoms with Crippen LogP contribution in [0.4, 0.5) is 0 Å². The Kier molecular flexibility index (Phi) is 7.44. The smallest absolute Gasteiger partial charge is 0.304 e. The van der Waals surface area contributed by atoms with Gasteiger partial charge in [-0.3, -0.25) is 9.69 Å². The predicted molar refractivity (Wildman–Crippen MR) is 147 cm³/mol. The second-order valence-electron chi connectivity index (χ2n) is 10.1. The molecule has 0 saturated carbocycles. The first kappa shape index (κ1) is 24.9. The van der Waals surface area contributed by atoms with Crippen molar-refractivity contribution in [1.82, 2.24) is 4.90 Å². The summed E-state index contributed by atoms with van der Waals surface area (Å²) >= 11 is 0. The van der Waals surface area contributed by atoms with Gasteiger partial charge < -0.3 is 9.84 Å². The highest BCUT2D eigenvalue weighted by Gasteiger charge is 2.37. The van der Waals surface area contributed by atoms with Crippen molar-refractivity contribution in [2.24, 2.45) is 0 Å². The molecule has 4 nitrogen and oxygen atoms in total. The largest absolute Gasteiger partial charge is 0.489 e. The number of fused-ring (bicyclic) bond motifs is 2. The normalized spacial score (nSPS) is 16.6. The van der Waals surface area contributed by atoms with Gasteiger partial charge in [-0.25, -0.2) is 0 Å². The summed E-state index contributed by atoms with van der Waals surface area (Å²) in [4.78, 5) is 13.7. The van der Waals surface area contributed by atoms with Gasteiger partial charge >= 0.3 is 5.97 Å². The van der Waals surface area contributed by atoms with E-state index in [1.54, 1.807) is 6.92 Å². The van der Waals surface area contributed by atoms with Crippen molar-refractivity contribution < 1.29 is 14.6 Å². The number of ether oxygens (including phenoxy) is 1. The zero-order chi connectivity index (χ0) is 25.7. The van der Waals surface area contributed by atoms with Crippen molar-refractivity contribution in [2.75, 3.05) is 13.1 Å². The molecule has 1 saturated heterocycles. The van der Waals surface area contributed by atoms with Crippen LogP contribution in [0.25, 0.3) is 6.08 Å². The van der Waals surface area contributed by atoms with Crippen molar-refractivity contribution in [3.05, 3.63) is 107 Å². The molecule has 1 spiro atoms. The lowest BCUT2D eigenvalue weighted by atomic mass is 9.74. The monoisotopic (exact) mass is 491 g/mol. The zero-order valence-electron chi connectivity index (χ0n) is 21.3. The van der Waals surface area contributed by atoms with Gasteiger partial charge in [0.25, 0.3) is 0 Å². The van der Waals surface area contributed by atoms with Gasteiger partial charge in [-0.1, -0.05) is 78.7 Å². The summed E-state index contributed by atoms with van der Waals surface area (Å²) in [6.45, 7) is 5.41. The number of carboxylic acids is 1. The number of nitrogens with zero attached hydrogens (tertiary/aromatic N) is 1. The van der Waals surface area contributed by atoms with Crippen LogP contribution in [0.5, 0.6) is 5.75 Å². The molecule has 3 aromatic rings. The second-order valence-corrected chi connectivity index (χ2v) is 10.1. The Morgan fingerprint density at radius 3 is 2.41 bits per heavy atom. The van der Waals surface area contributed by atoms with E-state index in [2.05, 4.69) is 77.4 Å². The molecule has 1 aliphatic heterocycles. The molecule has 0 amide bonds. The van der Waals surface area contributed by atoms with Crippen molar-refractivity contribution in [1.29, 1.82) is 0 Å². The molecule has 1 atom stereocenters. The van der Waals surface area contributed by atoms with E-state index in [9.17, 15) is 4.79 Å². The third-order valence-electron chi connectivity index (χ3n) is 7.64. The number of aliphatic carboxylic acids is 1. The first-order chi connectivity index (χ1) is 18.0. The molecule has 1 aliphatic carbocycles. The average Bonchev–Trinajstić information content (AvgIpc) is 3.27. The fraction of sp³-hybridized carbons (Fsp3) is 0.303. The highest BCUT2D eigenvalue weighted by Crippen LogP contribution is 2.43. The van der Waals surface area contributed by atoms with Gasteiger partial charge in [0, 0.05) is 12.0 Å². The van der Waals surface area contributed by atoms with Gasteiger partial charge in [0.1, 0.15) is 12.4 Å². The lowest BCUT2D eigenvalue weighted by molar-refractivity contribution is -0.137. The highest BCUT2D eigenvalue weighted by atomic mass is 16.5. The number of rotatable bonds is 8. The molecule has 4 heteroatoms. The summed E-state index contributed by atoms with van der Waals surface area (Å²) in [5.74, 6) is 5.41. The van der Waals surface area contributed by atoms with Crippen LogP contribution in [0.3, 0.4) is 0 Å². The Morgan fingerprint density at radius 2 is 1.70 bits per heavy atom. The molecule has 1 unspecified atom stereocenters. The number of benzene rings is 3. The third-order valence-corrected chi connectivity index (χ3v) is 7.64. The fourth-order valence-corrected chi connectivity index (χ4v) is 5.54. The van der Waals surface area contributed by atoms with E-state index in [-0.39, 0.29) is 17.8 Å². The Bertz CT molecular complexity index is 1320. The molecule has 188 valence electrons. The van der Waals surface area contributed by atoms with E-state index >= 15 is 0 Å². The number of piperidine rings is 1. The summed E-state index contributed by atoms with van der Waals surface area (Å²) in [5, 5.41) is 9.13. The predicted octanol–water partition coefficient (Wildman–Crippen LogP) is 6.41. The third kappa shape index (κ3) is 5.79. The Morgan fingerprint density at radius 1 is 1.00 bits per heavy atom. The van der Waals surface area contributed by atoms with Crippen LogP contribution in [0.2, 0.25) is 0 Å². The van der Waals surface area contributed by atoms with E-state index in [0.717, 1.165) is 36.5 Å². The van der Waals surface area contributed by atoms with Crippen LogP contribution < -0.4 is 4.74 Å². The van der Waals surface area contributed by atoms with E-state index in [1.165, 1.54) is 29.5 Å². The Balaban J connectivity index is 1.11. The molecule has 0 bridgehead atoms. The Labute approximate surface area is 219 Å². The molecular weight excluding hydrogens is 458 g/mol. The first-order valence-corrected chi connectivity index (χ1v) is 13.0. The molecule has 37 heavy (non-hydrogen) atoms. The first-order valence-electron chi connectivity index (χ1n) is 13.0. The molecule has 1 N–H and O–H groups in total. The highest BCUT2D eigenvalue weighted by molar-refractivity contribution is 5.69. The molecule has 3 aromatic carbocycles. The number of hydrogen-bond acceptors (Lipinski definition) is 3.